The number of carbonyl (C=O) groups is 1. The number of allylic oxidation sites excluding steroid dienone is 1. The van der Waals surface area contributed by atoms with E-state index in [0.29, 0.717) is 5.41 Å². The Morgan fingerprint density at radius 3 is 2.94 bits per heavy atom. The number of rotatable bonds is 2. The second-order valence-electron chi connectivity index (χ2n) is 5.94. The molecule has 96 valence electrons. The van der Waals surface area contributed by atoms with Gasteiger partial charge in [0.05, 0.1) is 6.04 Å². The monoisotopic (exact) mass is 245 g/mol. The van der Waals surface area contributed by atoms with Crippen LogP contribution in [0.25, 0.3) is 0 Å². The molecule has 0 spiro atoms. The third-order valence-corrected chi connectivity index (χ3v) is 5.01. The van der Waals surface area contributed by atoms with Crippen molar-refractivity contribution in [2.75, 3.05) is 26.2 Å². The van der Waals surface area contributed by atoms with Crippen molar-refractivity contribution in [2.24, 2.45) is 11.3 Å². The van der Waals surface area contributed by atoms with Crippen LogP contribution in [0.1, 0.15) is 12.8 Å². The number of hydrogen-bond donors (Lipinski definition) is 2. The van der Waals surface area contributed by atoms with Crippen LogP contribution in [0.5, 0.6) is 0 Å². The average molecular weight is 245 g/mol. The molecule has 18 heavy (non-hydrogen) atoms. The molecule has 0 aromatic heterocycles. The number of carbonyl (C=O) groups excluding carboxylic acids is 1. The molecule has 4 aliphatic rings. The molecule has 3 fully saturated rings. The van der Waals surface area contributed by atoms with Gasteiger partial charge in [-0.1, -0.05) is 18.2 Å². The molecular weight excluding hydrogens is 226 g/mol. The minimum atomic E-state index is 0.0893. The molecule has 4 heteroatoms. The Morgan fingerprint density at radius 1 is 1.44 bits per heavy atom. The van der Waals surface area contributed by atoms with Crippen LogP contribution in [-0.2, 0) is 0 Å². The van der Waals surface area contributed by atoms with Gasteiger partial charge in [-0.25, -0.2) is 4.79 Å². The average Bonchev–Trinajstić information content (AvgIpc) is 2.74. The molecule has 0 bridgehead atoms. The highest BCUT2D eigenvalue weighted by Gasteiger charge is 2.58. The first-order valence-corrected chi connectivity index (χ1v) is 6.94. The Kier molecular flexibility index (Phi) is 2.13. The van der Waals surface area contributed by atoms with Crippen molar-refractivity contribution in [3.63, 3.8) is 0 Å². The van der Waals surface area contributed by atoms with Crippen LogP contribution in [-0.4, -0.2) is 43.2 Å². The lowest BCUT2D eigenvalue weighted by atomic mass is 9.89. The van der Waals surface area contributed by atoms with E-state index < -0.39 is 0 Å². The fourth-order valence-electron chi connectivity index (χ4n) is 3.80. The first kappa shape index (κ1) is 10.6. The molecule has 3 atom stereocenters. The molecule has 2 aliphatic heterocycles. The Labute approximate surface area is 107 Å². The lowest BCUT2D eigenvalue weighted by Gasteiger charge is -2.27. The van der Waals surface area contributed by atoms with Crippen LogP contribution >= 0.6 is 0 Å². The van der Waals surface area contributed by atoms with E-state index >= 15 is 0 Å². The van der Waals surface area contributed by atoms with Gasteiger partial charge >= 0.3 is 6.03 Å². The number of nitrogens with zero attached hydrogens (tertiary/aromatic N) is 1. The van der Waals surface area contributed by atoms with Crippen molar-refractivity contribution in [1.29, 1.82) is 0 Å². The van der Waals surface area contributed by atoms with Gasteiger partial charge in [0.2, 0.25) is 0 Å². The van der Waals surface area contributed by atoms with Crippen LogP contribution in [0.4, 0.5) is 4.79 Å². The fraction of sp³-hybridized carbons (Fsp3) is 0.643. The van der Waals surface area contributed by atoms with Crippen LogP contribution in [0.2, 0.25) is 0 Å². The first-order valence-electron chi connectivity index (χ1n) is 6.94. The number of fused-ring (bicyclic) bond motifs is 1. The second-order valence-corrected chi connectivity index (χ2v) is 5.94. The SMILES string of the molecule is O=C1NCCN1C1C=CC(C23CNCC2C3)=CC1. The van der Waals surface area contributed by atoms with E-state index in [-0.39, 0.29) is 12.1 Å². The predicted octanol–water partition coefficient (Wildman–Crippen LogP) is 0.876. The van der Waals surface area contributed by atoms with E-state index in [1.165, 1.54) is 18.5 Å². The van der Waals surface area contributed by atoms with Crippen LogP contribution in [0.3, 0.4) is 0 Å². The van der Waals surface area contributed by atoms with Crippen molar-refractivity contribution < 1.29 is 4.79 Å². The van der Waals surface area contributed by atoms with Crippen LogP contribution < -0.4 is 10.6 Å². The summed E-state index contributed by atoms with van der Waals surface area (Å²) >= 11 is 0. The third-order valence-electron chi connectivity index (χ3n) is 5.01. The minimum Gasteiger partial charge on any atom is -0.336 e. The van der Waals surface area contributed by atoms with Gasteiger partial charge in [0.15, 0.2) is 0 Å². The minimum absolute atomic E-state index is 0.0893. The van der Waals surface area contributed by atoms with Crippen LogP contribution in [0, 0.1) is 11.3 Å². The zero-order chi connectivity index (χ0) is 12.2. The highest BCUT2D eigenvalue weighted by atomic mass is 16.2. The standard InChI is InChI=1S/C14H19N3O/c18-13-16-5-6-17(13)12-3-1-10(2-4-12)14-7-11(14)8-15-9-14/h1-3,11-12,15H,4-9H2,(H,16,18). The van der Waals surface area contributed by atoms with E-state index in [0.717, 1.165) is 32.0 Å². The molecule has 1 saturated carbocycles. The third kappa shape index (κ3) is 1.38. The summed E-state index contributed by atoms with van der Waals surface area (Å²) in [6.45, 7) is 3.95. The van der Waals surface area contributed by atoms with Crippen molar-refractivity contribution in [3.8, 4) is 0 Å². The molecule has 2 aliphatic carbocycles. The van der Waals surface area contributed by atoms with Crippen molar-refractivity contribution >= 4 is 6.03 Å². The molecule has 4 nitrogen and oxygen atoms in total. The van der Waals surface area contributed by atoms with E-state index in [4.69, 9.17) is 0 Å². The fourth-order valence-corrected chi connectivity index (χ4v) is 3.80. The van der Waals surface area contributed by atoms with Gasteiger partial charge in [0.1, 0.15) is 0 Å². The maximum atomic E-state index is 11.6. The summed E-state index contributed by atoms with van der Waals surface area (Å²) in [7, 11) is 0. The van der Waals surface area contributed by atoms with Crippen molar-refractivity contribution in [3.05, 3.63) is 23.8 Å². The lowest BCUT2D eigenvalue weighted by Crippen LogP contribution is -2.37. The topological polar surface area (TPSA) is 44.4 Å². The molecule has 2 N–H and O–H groups in total. The van der Waals surface area contributed by atoms with Crippen molar-refractivity contribution in [1.82, 2.24) is 15.5 Å². The highest BCUT2D eigenvalue weighted by Crippen LogP contribution is 2.60. The molecule has 3 unspecified atom stereocenters. The summed E-state index contributed by atoms with van der Waals surface area (Å²) in [4.78, 5) is 13.6. The summed E-state index contributed by atoms with van der Waals surface area (Å²) in [5.41, 5.74) is 1.96. The Morgan fingerprint density at radius 2 is 2.39 bits per heavy atom. The van der Waals surface area contributed by atoms with E-state index in [1.54, 1.807) is 0 Å². The maximum Gasteiger partial charge on any atom is 0.318 e. The van der Waals surface area contributed by atoms with Gasteiger partial charge in [-0.05, 0) is 30.9 Å². The Balaban J connectivity index is 1.48. The molecular formula is C14H19N3O. The van der Waals surface area contributed by atoms with Gasteiger partial charge in [-0.3, -0.25) is 0 Å². The number of urea groups is 1. The normalized spacial score (nSPS) is 41.7. The predicted molar refractivity (Wildman–Crippen MR) is 69.1 cm³/mol. The highest BCUT2D eigenvalue weighted by molar-refractivity contribution is 5.77. The van der Waals surface area contributed by atoms with Gasteiger partial charge in [0, 0.05) is 25.0 Å². The van der Waals surface area contributed by atoms with Gasteiger partial charge in [0.25, 0.3) is 0 Å². The number of amides is 2. The molecule has 2 amide bonds. The van der Waals surface area contributed by atoms with E-state index in [2.05, 4.69) is 28.9 Å². The van der Waals surface area contributed by atoms with Crippen LogP contribution in [0.15, 0.2) is 23.8 Å². The summed E-state index contributed by atoms with van der Waals surface area (Å²) in [5.74, 6) is 0.861. The van der Waals surface area contributed by atoms with E-state index in [9.17, 15) is 4.79 Å². The quantitative estimate of drug-likeness (QED) is 0.758. The number of nitrogens with one attached hydrogen (secondary N) is 2. The van der Waals surface area contributed by atoms with Crippen molar-refractivity contribution in [2.45, 2.75) is 18.9 Å². The number of hydrogen-bond acceptors (Lipinski definition) is 2. The molecule has 0 aromatic carbocycles. The van der Waals surface area contributed by atoms with E-state index in [1.807, 2.05) is 4.90 Å². The maximum absolute atomic E-state index is 11.6. The molecule has 2 heterocycles. The summed E-state index contributed by atoms with van der Waals surface area (Å²) in [5, 5.41) is 6.36. The largest absolute Gasteiger partial charge is 0.336 e. The molecule has 4 rings (SSSR count). The summed E-state index contributed by atoms with van der Waals surface area (Å²) in [6, 6.07) is 0.353. The van der Waals surface area contributed by atoms with Gasteiger partial charge in [-0.2, -0.15) is 0 Å². The molecule has 0 aromatic rings. The lowest BCUT2D eigenvalue weighted by molar-refractivity contribution is 0.207. The van der Waals surface area contributed by atoms with Gasteiger partial charge < -0.3 is 15.5 Å². The molecule has 0 radical (unpaired) electrons. The second kappa shape index (κ2) is 3.60. The Bertz CT molecular complexity index is 456. The number of piperidine rings is 1. The smallest absolute Gasteiger partial charge is 0.318 e. The first-order chi connectivity index (χ1) is 8.79. The zero-order valence-electron chi connectivity index (χ0n) is 10.5. The molecule has 2 saturated heterocycles. The summed E-state index contributed by atoms with van der Waals surface area (Å²) in [6.07, 6.45) is 9.19. The Hall–Kier alpha value is -1.29. The zero-order valence-corrected chi connectivity index (χ0v) is 10.5. The summed E-state index contributed by atoms with van der Waals surface area (Å²) < 4.78 is 0. The van der Waals surface area contributed by atoms with Gasteiger partial charge in [-0.15, -0.1) is 0 Å².